The molecule has 0 spiro atoms. The summed E-state index contributed by atoms with van der Waals surface area (Å²) in [7, 11) is 0. The third-order valence-corrected chi connectivity index (χ3v) is 4.64. The van der Waals surface area contributed by atoms with Gasteiger partial charge in [-0.3, -0.25) is 4.79 Å². The molecule has 0 saturated carbocycles. The number of nitrogens with one attached hydrogen (secondary N) is 1. The number of aromatic nitrogens is 4. The number of anilines is 2. The Balaban J connectivity index is 1.43. The van der Waals surface area contributed by atoms with E-state index in [1.54, 1.807) is 16.6 Å². The predicted molar refractivity (Wildman–Crippen MR) is 95.5 cm³/mol. The summed E-state index contributed by atoms with van der Waals surface area (Å²) in [6, 6.07) is 7.94. The van der Waals surface area contributed by atoms with Crippen LogP contribution >= 0.6 is 0 Å². The van der Waals surface area contributed by atoms with Gasteiger partial charge in [-0.15, -0.1) is 0 Å². The predicted octanol–water partition coefficient (Wildman–Crippen LogP) is 2.43. The van der Waals surface area contributed by atoms with Crippen LogP contribution in [0.4, 0.5) is 15.9 Å². The number of rotatable bonds is 3. The standard InChI is InChI=1S/C18H19FN6O/c1-12-9-16(25-18(22-12)20-11-21-25)24-7-5-13(6-8-24)17(26)23-15-4-2-3-14(19)10-15/h2-4,9-11,13H,5-8H2,1H3,(H,23,26). The lowest BCUT2D eigenvalue weighted by atomic mass is 9.95. The first-order chi connectivity index (χ1) is 12.6. The summed E-state index contributed by atoms with van der Waals surface area (Å²) < 4.78 is 15.0. The van der Waals surface area contributed by atoms with Crippen molar-refractivity contribution in [2.75, 3.05) is 23.3 Å². The number of carbonyl (C=O) groups excluding carboxylic acids is 1. The maximum Gasteiger partial charge on any atom is 0.254 e. The van der Waals surface area contributed by atoms with Crippen molar-refractivity contribution in [3.63, 3.8) is 0 Å². The summed E-state index contributed by atoms with van der Waals surface area (Å²) in [5.41, 5.74) is 1.37. The summed E-state index contributed by atoms with van der Waals surface area (Å²) in [5, 5.41) is 7.05. The lowest BCUT2D eigenvalue weighted by molar-refractivity contribution is -0.120. The molecule has 7 nitrogen and oxygen atoms in total. The van der Waals surface area contributed by atoms with Crippen LogP contribution in [-0.2, 0) is 4.79 Å². The van der Waals surface area contributed by atoms with Crippen molar-refractivity contribution in [1.29, 1.82) is 0 Å². The van der Waals surface area contributed by atoms with E-state index in [1.165, 1.54) is 18.5 Å². The van der Waals surface area contributed by atoms with E-state index >= 15 is 0 Å². The quantitative estimate of drug-likeness (QED) is 0.782. The molecule has 134 valence electrons. The van der Waals surface area contributed by atoms with Crippen molar-refractivity contribution >= 4 is 23.2 Å². The van der Waals surface area contributed by atoms with Crippen LogP contribution in [0.15, 0.2) is 36.7 Å². The highest BCUT2D eigenvalue weighted by Gasteiger charge is 2.26. The van der Waals surface area contributed by atoms with Gasteiger partial charge in [0.25, 0.3) is 5.78 Å². The van der Waals surface area contributed by atoms with Crippen LogP contribution in [0.5, 0.6) is 0 Å². The molecule has 2 aromatic heterocycles. The fraction of sp³-hybridized carbons (Fsp3) is 0.333. The van der Waals surface area contributed by atoms with Crippen molar-refractivity contribution in [2.45, 2.75) is 19.8 Å². The first kappa shape index (κ1) is 16.4. The molecule has 1 amide bonds. The van der Waals surface area contributed by atoms with E-state index in [9.17, 15) is 9.18 Å². The normalized spacial score (nSPS) is 15.4. The molecular formula is C18H19FN6O. The number of carbonyl (C=O) groups is 1. The van der Waals surface area contributed by atoms with Gasteiger partial charge < -0.3 is 10.2 Å². The first-order valence-corrected chi connectivity index (χ1v) is 8.59. The van der Waals surface area contributed by atoms with E-state index in [-0.39, 0.29) is 17.6 Å². The molecule has 1 aliphatic rings. The fourth-order valence-corrected chi connectivity index (χ4v) is 3.32. The van der Waals surface area contributed by atoms with E-state index in [0.29, 0.717) is 11.5 Å². The molecule has 3 heterocycles. The maximum atomic E-state index is 13.3. The van der Waals surface area contributed by atoms with Crippen LogP contribution in [0.25, 0.3) is 5.78 Å². The fourth-order valence-electron chi connectivity index (χ4n) is 3.32. The smallest absolute Gasteiger partial charge is 0.254 e. The number of piperidine rings is 1. The summed E-state index contributed by atoms with van der Waals surface area (Å²) in [5.74, 6) is 0.998. The number of benzene rings is 1. The van der Waals surface area contributed by atoms with Crippen molar-refractivity contribution in [1.82, 2.24) is 19.6 Å². The summed E-state index contributed by atoms with van der Waals surface area (Å²) in [4.78, 5) is 23.2. The molecule has 1 saturated heterocycles. The SMILES string of the molecule is Cc1cc(N2CCC(C(=O)Nc3cccc(F)c3)CC2)n2ncnc2n1. The maximum absolute atomic E-state index is 13.3. The average molecular weight is 354 g/mol. The number of hydrogen-bond acceptors (Lipinski definition) is 5. The van der Waals surface area contributed by atoms with E-state index in [0.717, 1.165) is 37.4 Å². The Labute approximate surface area is 149 Å². The Morgan fingerprint density at radius 3 is 2.85 bits per heavy atom. The van der Waals surface area contributed by atoms with Crippen LogP contribution < -0.4 is 10.2 Å². The van der Waals surface area contributed by atoms with Crippen LogP contribution in [-0.4, -0.2) is 38.6 Å². The average Bonchev–Trinajstić information content (AvgIpc) is 3.09. The highest BCUT2D eigenvalue weighted by atomic mass is 19.1. The Morgan fingerprint density at radius 2 is 2.08 bits per heavy atom. The van der Waals surface area contributed by atoms with Crippen LogP contribution in [0.3, 0.4) is 0 Å². The van der Waals surface area contributed by atoms with Gasteiger partial charge in [-0.2, -0.15) is 14.6 Å². The Morgan fingerprint density at radius 1 is 1.27 bits per heavy atom. The summed E-state index contributed by atoms with van der Waals surface area (Å²) in [6.45, 7) is 3.40. The van der Waals surface area contributed by atoms with Gasteiger partial charge in [0.1, 0.15) is 18.0 Å². The molecule has 0 radical (unpaired) electrons. The second kappa shape index (κ2) is 6.70. The van der Waals surface area contributed by atoms with Crippen molar-refractivity contribution in [3.8, 4) is 0 Å². The van der Waals surface area contributed by atoms with Gasteiger partial charge in [0.15, 0.2) is 0 Å². The Kier molecular flexibility index (Phi) is 4.24. The molecule has 0 unspecified atom stereocenters. The van der Waals surface area contributed by atoms with Gasteiger partial charge in [0.2, 0.25) is 5.91 Å². The lowest BCUT2D eigenvalue weighted by Gasteiger charge is -2.32. The van der Waals surface area contributed by atoms with Crippen LogP contribution in [0, 0.1) is 18.7 Å². The van der Waals surface area contributed by atoms with Gasteiger partial charge in [-0.05, 0) is 38.0 Å². The van der Waals surface area contributed by atoms with Gasteiger partial charge >= 0.3 is 0 Å². The molecule has 26 heavy (non-hydrogen) atoms. The second-order valence-electron chi connectivity index (χ2n) is 6.49. The zero-order valence-electron chi connectivity index (χ0n) is 14.4. The molecule has 4 rings (SSSR count). The van der Waals surface area contributed by atoms with E-state index in [4.69, 9.17) is 0 Å². The molecule has 1 aliphatic heterocycles. The van der Waals surface area contributed by atoms with Crippen LogP contribution in [0.2, 0.25) is 0 Å². The zero-order valence-corrected chi connectivity index (χ0v) is 14.4. The Bertz CT molecular complexity index is 948. The third kappa shape index (κ3) is 3.22. The molecule has 1 aromatic carbocycles. The minimum atomic E-state index is -0.359. The molecule has 1 fully saturated rings. The lowest BCUT2D eigenvalue weighted by Crippen LogP contribution is -2.39. The number of halogens is 1. The zero-order chi connectivity index (χ0) is 18.1. The monoisotopic (exact) mass is 354 g/mol. The van der Waals surface area contributed by atoms with Crippen LogP contribution in [0.1, 0.15) is 18.5 Å². The molecule has 0 atom stereocenters. The minimum Gasteiger partial charge on any atom is -0.356 e. The minimum absolute atomic E-state index is 0.0629. The number of nitrogens with zero attached hydrogens (tertiary/aromatic N) is 5. The topological polar surface area (TPSA) is 75.4 Å². The number of amides is 1. The summed E-state index contributed by atoms with van der Waals surface area (Å²) >= 11 is 0. The van der Waals surface area contributed by atoms with Crippen molar-refractivity contribution < 1.29 is 9.18 Å². The van der Waals surface area contributed by atoms with E-state index < -0.39 is 0 Å². The van der Waals surface area contributed by atoms with Gasteiger partial charge in [-0.25, -0.2) is 9.37 Å². The van der Waals surface area contributed by atoms with Crippen molar-refractivity contribution in [2.24, 2.45) is 5.92 Å². The molecule has 8 heteroatoms. The summed E-state index contributed by atoms with van der Waals surface area (Å²) in [6.07, 6.45) is 2.93. The number of fused-ring (bicyclic) bond motifs is 1. The number of hydrogen-bond donors (Lipinski definition) is 1. The van der Waals surface area contributed by atoms with Gasteiger partial charge in [-0.1, -0.05) is 6.07 Å². The first-order valence-electron chi connectivity index (χ1n) is 8.59. The molecule has 0 bridgehead atoms. The van der Waals surface area contributed by atoms with Gasteiger partial charge in [0.05, 0.1) is 0 Å². The molecule has 1 N–H and O–H groups in total. The van der Waals surface area contributed by atoms with E-state index in [1.807, 2.05) is 13.0 Å². The third-order valence-electron chi connectivity index (χ3n) is 4.64. The molecular weight excluding hydrogens is 335 g/mol. The number of aryl methyl sites for hydroxylation is 1. The Hall–Kier alpha value is -3.03. The van der Waals surface area contributed by atoms with E-state index in [2.05, 4.69) is 25.3 Å². The van der Waals surface area contributed by atoms with Gasteiger partial charge in [0, 0.05) is 36.5 Å². The highest BCUT2D eigenvalue weighted by molar-refractivity contribution is 5.92. The molecule has 3 aromatic rings. The van der Waals surface area contributed by atoms with Crippen molar-refractivity contribution in [3.05, 3.63) is 48.2 Å². The molecule has 0 aliphatic carbocycles. The largest absolute Gasteiger partial charge is 0.356 e. The highest BCUT2D eigenvalue weighted by Crippen LogP contribution is 2.25. The second-order valence-corrected chi connectivity index (χ2v) is 6.49.